The molecule has 3 heterocycles. The van der Waals surface area contributed by atoms with Crippen molar-refractivity contribution >= 4 is 12.1 Å². The molecule has 12 heteroatoms. The number of alkyl carbamates (subject to hydrolysis) is 1. The molecule has 228 valence electrons. The fourth-order valence-electron chi connectivity index (χ4n) is 6.09. The lowest BCUT2D eigenvalue weighted by Crippen LogP contribution is -2.43. The van der Waals surface area contributed by atoms with Gasteiger partial charge in [0.05, 0.1) is 18.8 Å². The molecular weight excluding hydrogens is 556 g/mol. The Morgan fingerprint density at radius 1 is 1.02 bits per heavy atom. The molecule has 0 spiro atoms. The Balaban J connectivity index is 1.06. The van der Waals surface area contributed by atoms with Crippen LogP contribution >= 0.6 is 0 Å². The van der Waals surface area contributed by atoms with Crippen LogP contribution in [0, 0.1) is 0 Å². The zero-order valence-electron chi connectivity index (χ0n) is 24.6. The van der Waals surface area contributed by atoms with Crippen molar-refractivity contribution in [2.24, 2.45) is 0 Å². The number of hydrogen-bond donors (Lipinski definition) is 2. The van der Waals surface area contributed by atoms with Crippen molar-refractivity contribution in [2.45, 2.75) is 82.5 Å². The number of aromatic nitrogens is 3. The average Bonchev–Trinajstić information content (AvgIpc) is 3.71. The summed E-state index contributed by atoms with van der Waals surface area (Å²) in [6, 6.07) is 14.7. The second-order valence-corrected chi connectivity index (χ2v) is 12.0. The first-order valence-corrected chi connectivity index (χ1v) is 14.4. The summed E-state index contributed by atoms with van der Waals surface area (Å²) in [5, 5.41) is 20.6. The second kappa shape index (κ2) is 11.3. The van der Waals surface area contributed by atoms with E-state index in [4.69, 9.17) is 23.7 Å². The van der Waals surface area contributed by atoms with Crippen LogP contribution in [0.25, 0.3) is 11.1 Å². The quantitative estimate of drug-likeness (QED) is 0.379. The molecule has 2 saturated heterocycles. The minimum atomic E-state index is -1.26. The fraction of sp³-hybridized carbons (Fsp3) is 0.484. The van der Waals surface area contributed by atoms with Crippen molar-refractivity contribution in [3.8, 4) is 11.1 Å². The van der Waals surface area contributed by atoms with Crippen molar-refractivity contribution in [1.29, 1.82) is 0 Å². The van der Waals surface area contributed by atoms with Gasteiger partial charge in [0, 0.05) is 18.5 Å². The van der Waals surface area contributed by atoms with Gasteiger partial charge in [-0.05, 0) is 49.9 Å². The normalized spacial score (nSPS) is 24.3. The Hall–Kier alpha value is -3.84. The van der Waals surface area contributed by atoms with Gasteiger partial charge in [0.1, 0.15) is 31.0 Å². The van der Waals surface area contributed by atoms with Gasteiger partial charge in [0.15, 0.2) is 11.6 Å². The molecule has 1 aromatic heterocycles. The Labute approximate surface area is 249 Å². The monoisotopic (exact) mass is 592 g/mol. The number of nitrogens with one attached hydrogen (secondary N) is 1. The third-order valence-electron chi connectivity index (χ3n) is 7.92. The summed E-state index contributed by atoms with van der Waals surface area (Å²) in [6.45, 7) is 8.12. The van der Waals surface area contributed by atoms with Crippen molar-refractivity contribution in [1.82, 2.24) is 20.3 Å². The van der Waals surface area contributed by atoms with Gasteiger partial charge in [0.2, 0.25) is 0 Å². The van der Waals surface area contributed by atoms with Crippen LogP contribution < -0.4 is 5.32 Å². The average molecular weight is 593 g/mol. The first-order valence-electron chi connectivity index (χ1n) is 14.4. The first kappa shape index (κ1) is 29.2. The van der Waals surface area contributed by atoms with Crippen molar-refractivity contribution in [2.75, 3.05) is 13.2 Å². The number of amides is 1. The lowest BCUT2D eigenvalue weighted by molar-refractivity contribution is -0.174. The van der Waals surface area contributed by atoms with E-state index in [9.17, 15) is 14.7 Å². The van der Waals surface area contributed by atoms with Gasteiger partial charge in [-0.3, -0.25) is 0 Å². The summed E-state index contributed by atoms with van der Waals surface area (Å²) in [5.41, 5.74) is 4.75. The van der Waals surface area contributed by atoms with Crippen LogP contribution in [0.2, 0.25) is 0 Å². The summed E-state index contributed by atoms with van der Waals surface area (Å²) in [7, 11) is 0. The van der Waals surface area contributed by atoms with Crippen LogP contribution in [0.1, 0.15) is 50.4 Å². The predicted octanol–water partition coefficient (Wildman–Crippen LogP) is 3.48. The number of aliphatic carboxylic acids is 1. The van der Waals surface area contributed by atoms with E-state index in [1.807, 2.05) is 76.2 Å². The van der Waals surface area contributed by atoms with Gasteiger partial charge in [0.25, 0.3) is 0 Å². The molecule has 1 aliphatic carbocycles. The summed E-state index contributed by atoms with van der Waals surface area (Å²) in [4.78, 5) is 24.8. The van der Waals surface area contributed by atoms with Crippen molar-refractivity contribution < 1.29 is 38.4 Å². The van der Waals surface area contributed by atoms with Gasteiger partial charge in [-0.25, -0.2) is 14.3 Å². The number of carboxylic acids is 1. The summed E-state index contributed by atoms with van der Waals surface area (Å²) in [6.07, 6.45) is -0.374. The molecule has 6 rings (SSSR count). The molecule has 3 aromatic rings. The maximum atomic E-state index is 12.7. The molecule has 0 saturated carbocycles. The van der Waals surface area contributed by atoms with E-state index >= 15 is 0 Å². The SMILES string of the molecule is CC1(C)OCC(C2OC(C)(C)OC2Cn2cc(CC(NC(=O)OCC3c4ccccc4-c4ccccc43)C(=O)O)nn2)O1. The van der Waals surface area contributed by atoms with Gasteiger partial charge in [-0.15, -0.1) is 5.10 Å². The molecular formula is C31H36N4O8. The molecule has 2 aromatic carbocycles. The third kappa shape index (κ3) is 6.28. The minimum absolute atomic E-state index is 0.0791. The van der Waals surface area contributed by atoms with E-state index in [0.717, 1.165) is 22.3 Å². The Morgan fingerprint density at radius 2 is 1.70 bits per heavy atom. The van der Waals surface area contributed by atoms with Gasteiger partial charge in [-0.2, -0.15) is 0 Å². The van der Waals surface area contributed by atoms with Gasteiger partial charge in [-0.1, -0.05) is 53.7 Å². The number of carbonyl (C=O) groups excluding carboxylic acids is 1. The summed E-state index contributed by atoms with van der Waals surface area (Å²) < 4.78 is 31.1. The van der Waals surface area contributed by atoms with E-state index in [0.29, 0.717) is 18.8 Å². The Morgan fingerprint density at radius 3 is 2.33 bits per heavy atom. The van der Waals surface area contributed by atoms with E-state index in [-0.39, 0.29) is 25.0 Å². The molecule has 43 heavy (non-hydrogen) atoms. The number of nitrogens with zero attached hydrogens (tertiary/aromatic N) is 3. The highest BCUT2D eigenvalue weighted by atomic mass is 16.8. The molecule has 2 aliphatic heterocycles. The van der Waals surface area contributed by atoms with Crippen molar-refractivity contribution in [3.05, 3.63) is 71.5 Å². The number of benzene rings is 2. The topological polar surface area (TPSA) is 143 Å². The zero-order chi connectivity index (χ0) is 30.4. The third-order valence-corrected chi connectivity index (χ3v) is 7.92. The molecule has 12 nitrogen and oxygen atoms in total. The lowest BCUT2D eigenvalue weighted by Gasteiger charge is -2.23. The standard InChI is InChI=1S/C31H36N4O8/c1-30(2)40-17-26(42-30)27-25(41-31(3,4)43-27)15-35-14-18(33-34-35)13-24(28(36)37)32-29(38)39-16-23-21-11-7-5-9-19(21)20-10-6-8-12-22(20)23/h5-12,14,23-27H,13,15-17H2,1-4H3,(H,32,38)(H,36,37). The largest absolute Gasteiger partial charge is 0.480 e. The molecule has 2 N–H and O–H groups in total. The molecule has 3 aliphatic rings. The predicted molar refractivity (Wildman–Crippen MR) is 152 cm³/mol. The van der Waals surface area contributed by atoms with Crippen molar-refractivity contribution in [3.63, 3.8) is 0 Å². The molecule has 0 radical (unpaired) electrons. The highest BCUT2D eigenvalue weighted by Gasteiger charge is 2.50. The van der Waals surface area contributed by atoms with Crippen LogP contribution in [0.15, 0.2) is 54.7 Å². The van der Waals surface area contributed by atoms with Gasteiger partial charge < -0.3 is 34.1 Å². The van der Waals surface area contributed by atoms with Crippen LogP contribution in [-0.4, -0.2) is 81.3 Å². The van der Waals surface area contributed by atoms with Crippen LogP contribution in [0.4, 0.5) is 4.79 Å². The van der Waals surface area contributed by atoms with E-state index < -0.39 is 41.9 Å². The number of carbonyl (C=O) groups is 2. The van der Waals surface area contributed by atoms with Crippen LogP contribution in [0.5, 0.6) is 0 Å². The van der Waals surface area contributed by atoms with E-state index in [1.54, 1.807) is 10.9 Å². The molecule has 1 amide bonds. The lowest BCUT2D eigenvalue weighted by atomic mass is 9.98. The van der Waals surface area contributed by atoms with E-state index in [2.05, 4.69) is 15.6 Å². The molecule has 2 fully saturated rings. The molecule has 0 bridgehead atoms. The molecule has 4 atom stereocenters. The number of fused-ring (bicyclic) bond motifs is 3. The second-order valence-electron chi connectivity index (χ2n) is 12.0. The highest BCUT2D eigenvalue weighted by Crippen LogP contribution is 2.44. The zero-order valence-corrected chi connectivity index (χ0v) is 24.6. The number of rotatable bonds is 9. The number of ether oxygens (including phenoxy) is 5. The van der Waals surface area contributed by atoms with Crippen LogP contribution in [-0.2, 0) is 41.4 Å². The maximum Gasteiger partial charge on any atom is 0.407 e. The summed E-state index contributed by atoms with van der Waals surface area (Å²) >= 11 is 0. The fourth-order valence-corrected chi connectivity index (χ4v) is 6.09. The Kier molecular flexibility index (Phi) is 7.71. The Bertz CT molecular complexity index is 1460. The summed E-state index contributed by atoms with van der Waals surface area (Å²) in [5.74, 6) is -2.88. The first-order chi connectivity index (χ1) is 20.5. The minimum Gasteiger partial charge on any atom is -0.480 e. The highest BCUT2D eigenvalue weighted by molar-refractivity contribution is 5.81. The smallest absolute Gasteiger partial charge is 0.407 e. The maximum absolute atomic E-state index is 12.7. The van der Waals surface area contributed by atoms with Crippen LogP contribution in [0.3, 0.4) is 0 Å². The molecule has 4 unspecified atom stereocenters. The number of hydrogen-bond acceptors (Lipinski definition) is 9. The van der Waals surface area contributed by atoms with E-state index in [1.165, 1.54) is 0 Å². The van der Waals surface area contributed by atoms with Gasteiger partial charge >= 0.3 is 12.1 Å². The number of carboxylic acid groups (broad SMARTS) is 1.